The zero-order valence-corrected chi connectivity index (χ0v) is 13.7. The summed E-state index contributed by atoms with van der Waals surface area (Å²) < 4.78 is 0. The van der Waals surface area contributed by atoms with E-state index in [2.05, 4.69) is 6.58 Å². The van der Waals surface area contributed by atoms with Gasteiger partial charge in [0.2, 0.25) is 0 Å². The van der Waals surface area contributed by atoms with Crippen molar-refractivity contribution in [2.45, 2.75) is 45.8 Å². The minimum atomic E-state index is -0.599. The standard InChI is InChI=1S/C19H28O3/c1-5-17(19(22)13(2)3)18(21)11-6-14(4)12-15-7-9-16(20)10-8-15/h5,7-10,12-13,17-22H,1,6,11H2,2-4H3/b14-12+/t17-,18-,19-/m1/s1. The fourth-order valence-corrected chi connectivity index (χ4v) is 2.46. The average Bonchev–Trinajstić information content (AvgIpc) is 2.48. The highest BCUT2D eigenvalue weighted by atomic mass is 16.3. The summed E-state index contributed by atoms with van der Waals surface area (Å²) in [7, 11) is 0. The van der Waals surface area contributed by atoms with Crippen LogP contribution in [-0.4, -0.2) is 27.5 Å². The Kier molecular flexibility index (Phi) is 7.36. The van der Waals surface area contributed by atoms with Crippen LogP contribution in [0, 0.1) is 11.8 Å². The van der Waals surface area contributed by atoms with Gasteiger partial charge in [-0.2, -0.15) is 0 Å². The highest BCUT2D eigenvalue weighted by Gasteiger charge is 2.26. The lowest BCUT2D eigenvalue weighted by molar-refractivity contribution is 0.00890. The van der Waals surface area contributed by atoms with Crippen molar-refractivity contribution in [2.75, 3.05) is 0 Å². The summed E-state index contributed by atoms with van der Waals surface area (Å²) in [6.07, 6.45) is 3.84. The van der Waals surface area contributed by atoms with Gasteiger partial charge in [-0.25, -0.2) is 0 Å². The van der Waals surface area contributed by atoms with E-state index >= 15 is 0 Å². The smallest absolute Gasteiger partial charge is 0.115 e. The molecule has 0 saturated carbocycles. The molecule has 0 aromatic heterocycles. The Morgan fingerprint density at radius 1 is 1.18 bits per heavy atom. The summed E-state index contributed by atoms with van der Waals surface area (Å²) >= 11 is 0. The lowest BCUT2D eigenvalue weighted by Gasteiger charge is -2.27. The molecule has 0 aliphatic heterocycles. The molecule has 1 aromatic carbocycles. The van der Waals surface area contributed by atoms with Gasteiger partial charge in [-0.05, 0) is 43.4 Å². The predicted molar refractivity (Wildman–Crippen MR) is 91.5 cm³/mol. The SMILES string of the molecule is C=C[C@H]([C@H](O)CC/C(C)=C/c1ccc(O)cc1)[C@H](O)C(C)C. The van der Waals surface area contributed by atoms with Gasteiger partial charge in [-0.3, -0.25) is 0 Å². The van der Waals surface area contributed by atoms with Crippen LogP contribution in [0.4, 0.5) is 0 Å². The fraction of sp³-hybridized carbons (Fsp3) is 0.474. The number of aliphatic hydroxyl groups is 2. The maximum absolute atomic E-state index is 10.3. The quantitative estimate of drug-likeness (QED) is 0.641. The van der Waals surface area contributed by atoms with E-state index < -0.39 is 12.2 Å². The van der Waals surface area contributed by atoms with E-state index in [1.165, 1.54) is 0 Å². The van der Waals surface area contributed by atoms with Crippen molar-refractivity contribution >= 4 is 6.08 Å². The second-order valence-corrected chi connectivity index (χ2v) is 6.24. The van der Waals surface area contributed by atoms with Crippen LogP contribution < -0.4 is 0 Å². The molecule has 22 heavy (non-hydrogen) atoms. The molecule has 0 bridgehead atoms. The minimum Gasteiger partial charge on any atom is -0.508 e. The van der Waals surface area contributed by atoms with Crippen LogP contribution in [0.15, 0.2) is 42.5 Å². The molecular weight excluding hydrogens is 276 g/mol. The van der Waals surface area contributed by atoms with Gasteiger partial charge in [0.15, 0.2) is 0 Å². The Morgan fingerprint density at radius 3 is 2.27 bits per heavy atom. The van der Waals surface area contributed by atoms with Crippen LogP contribution >= 0.6 is 0 Å². The summed E-state index contributed by atoms with van der Waals surface area (Å²) in [5, 5.41) is 29.7. The second kappa shape index (κ2) is 8.76. The molecule has 0 unspecified atom stereocenters. The third kappa shape index (κ3) is 5.66. The molecule has 0 spiro atoms. The molecule has 0 radical (unpaired) electrons. The van der Waals surface area contributed by atoms with E-state index in [0.717, 1.165) is 17.6 Å². The van der Waals surface area contributed by atoms with E-state index in [4.69, 9.17) is 0 Å². The van der Waals surface area contributed by atoms with Crippen LogP contribution in [0.5, 0.6) is 5.75 Å². The largest absolute Gasteiger partial charge is 0.508 e. The molecule has 1 rings (SSSR count). The maximum atomic E-state index is 10.3. The zero-order chi connectivity index (χ0) is 16.7. The van der Waals surface area contributed by atoms with Crippen LogP contribution in [0.2, 0.25) is 0 Å². The molecule has 3 heteroatoms. The summed E-state index contributed by atoms with van der Waals surface area (Å²) in [6.45, 7) is 9.61. The zero-order valence-electron chi connectivity index (χ0n) is 13.7. The van der Waals surface area contributed by atoms with Gasteiger partial charge in [-0.15, -0.1) is 6.58 Å². The first-order chi connectivity index (χ1) is 10.3. The molecule has 3 atom stereocenters. The second-order valence-electron chi connectivity index (χ2n) is 6.24. The molecule has 122 valence electrons. The van der Waals surface area contributed by atoms with Crippen molar-refractivity contribution < 1.29 is 15.3 Å². The number of phenolic OH excluding ortho intramolecular Hbond substituents is 1. The number of aromatic hydroxyl groups is 1. The van der Waals surface area contributed by atoms with Crippen LogP contribution in [0.3, 0.4) is 0 Å². The number of hydrogen-bond donors (Lipinski definition) is 3. The Labute approximate surface area is 133 Å². The van der Waals surface area contributed by atoms with Gasteiger partial charge in [0.25, 0.3) is 0 Å². The Hall–Kier alpha value is -1.58. The summed E-state index contributed by atoms with van der Waals surface area (Å²) in [5.74, 6) is 0.0366. The van der Waals surface area contributed by atoms with E-state index in [1.54, 1.807) is 18.2 Å². The number of aliphatic hydroxyl groups excluding tert-OH is 2. The first-order valence-corrected chi connectivity index (χ1v) is 7.80. The topological polar surface area (TPSA) is 60.7 Å². The van der Waals surface area contributed by atoms with Gasteiger partial charge in [-0.1, -0.05) is 43.7 Å². The Morgan fingerprint density at radius 2 is 1.77 bits per heavy atom. The van der Waals surface area contributed by atoms with Gasteiger partial charge in [0.1, 0.15) is 5.75 Å². The van der Waals surface area contributed by atoms with Gasteiger partial charge >= 0.3 is 0 Å². The van der Waals surface area contributed by atoms with E-state index in [1.807, 2.05) is 39.0 Å². The Bertz CT molecular complexity index is 488. The molecule has 1 aromatic rings. The Balaban J connectivity index is 2.60. The summed E-state index contributed by atoms with van der Waals surface area (Å²) in [4.78, 5) is 0. The third-order valence-corrected chi connectivity index (χ3v) is 3.93. The molecule has 0 heterocycles. The number of phenols is 1. The first kappa shape index (κ1) is 18.5. The molecule has 3 N–H and O–H groups in total. The lowest BCUT2D eigenvalue weighted by atomic mass is 9.86. The fourth-order valence-electron chi connectivity index (χ4n) is 2.46. The van der Waals surface area contributed by atoms with Gasteiger partial charge in [0, 0.05) is 5.92 Å². The van der Waals surface area contributed by atoms with E-state index in [-0.39, 0.29) is 17.6 Å². The normalized spacial score (nSPS) is 16.4. The predicted octanol–water partition coefficient (Wildman–Crippen LogP) is 3.76. The van der Waals surface area contributed by atoms with Crippen molar-refractivity contribution in [3.05, 3.63) is 48.1 Å². The highest BCUT2D eigenvalue weighted by molar-refractivity contribution is 5.53. The van der Waals surface area contributed by atoms with E-state index in [9.17, 15) is 15.3 Å². The van der Waals surface area contributed by atoms with Crippen molar-refractivity contribution in [3.63, 3.8) is 0 Å². The van der Waals surface area contributed by atoms with Crippen molar-refractivity contribution in [3.8, 4) is 5.75 Å². The maximum Gasteiger partial charge on any atom is 0.115 e. The number of hydrogen-bond acceptors (Lipinski definition) is 3. The number of benzene rings is 1. The van der Waals surface area contributed by atoms with Crippen molar-refractivity contribution in [1.29, 1.82) is 0 Å². The van der Waals surface area contributed by atoms with Gasteiger partial charge < -0.3 is 15.3 Å². The summed E-state index contributed by atoms with van der Waals surface area (Å²) in [6, 6.07) is 7.01. The molecular formula is C19H28O3. The van der Waals surface area contributed by atoms with Crippen LogP contribution in [-0.2, 0) is 0 Å². The molecule has 0 fully saturated rings. The van der Waals surface area contributed by atoms with E-state index in [0.29, 0.717) is 6.42 Å². The molecule has 0 saturated heterocycles. The summed E-state index contributed by atoms with van der Waals surface area (Å²) in [5.41, 5.74) is 2.17. The average molecular weight is 304 g/mol. The molecule has 0 amide bonds. The van der Waals surface area contributed by atoms with Crippen LogP contribution in [0.25, 0.3) is 6.08 Å². The van der Waals surface area contributed by atoms with Gasteiger partial charge in [0.05, 0.1) is 12.2 Å². The minimum absolute atomic E-state index is 0.0892. The van der Waals surface area contributed by atoms with Crippen LogP contribution in [0.1, 0.15) is 39.2 Å². The molecule has 0 aliphatic rings. The highest BCUT2D eigenvalue weighted by Crippen LogP contribution is 2.23. The third-order valence-electron chi connectivity index (χ3n) is 3.93. The lowest BCUT2D eigenvalue weighted by Crippen LogP contribution is -2.33. The molecule has 0 aliphatic carbocycles. The number of rotatable bonds is 8. The molecule has 3 nitrogen and oxygen atoms in total. The van der Waals surface area contributed by atoms with Crippen molar-refractivity contribution in [1.82, 2.24) is 0 Å². The number of allylic oxidation sites excluding steroid dienone is 1. The van der Waals surface area contributed by atoms with Crippen molar-refractivity contribution in [2.24, 2.45) is 11.8 Å². The monoisotopic (exact) mass is 304 g/mol. The first-order valence-electron chi connectivity index (χ1n) is 7.80.